The Balaban J connectivity index is 2.18. The van der Waals surface area contributed by atoms with Gasteiger partial charge < -0.3 is 15.2 Å². The van der Waals surface area contributed by atoms with Crippen LogP contribution in [0.15, 0.2) is 23.1 Å². The van der Waals surface area contributed by atoms with Gasteiger partial charge in [0.2, 0.25) is 10.0 Å². The van der Waals surface area contributed by atoms with Crippen molar-refractivity contribution in [2.45, 2.75) is 23.8 Å². The monoisotopic (exact) mass is 314 g/mol. The molecule has 3 N–H and O–H groups in total. The van der Waals surface area contributed by atoms with Gasteiger partial charge >= 0.3 is 5.97 Å². The minimum Gasteiger partial charge on any atom is -0.478 e. The highest BCUT2D eigenvalue weighted by Crippen LogP contribution is 2.20. The largest absolute Gasteiger partial charge is 0.478 e. The number of rotatable bonds is 6. The Morgan fingerprint density at radius 2 is 2.24 bits per heavy atom. The van der Waals surface area contributed by atoms with Crippen molar-refractivity contribution in [2.24, 2.45) is 0 Å². The molecule has 1 saturated heterocycles. The molecular formula is C13H18N2O5S. The van der Waals surface area contributed by atoms with Gasteiger partial charge in [-0.2, -0.15) is 0 Å². The molecule has 7 nitrogen and oxygen atoms in total. The van der Waals surface area contributed by atoms with Gasteiger partial charge in [-0.1, -0.05) is 0 Å². The third kappa shape index (κ3) is 3.72. The van der Waals surface area contributed by atoms with Crippen LogP contribution in [0.3, 0.4) is 0 Å². The lowest BCUT2D eigenvalue weighted by Crippen LogP contribution is -2.32. The quantitative estimate of drug-likeness (QED) is 0.720. The van der Waals surface area contributed by atoms with Crippen molar-refractivity contribution in [1.29, 1.82) is 0 Å². The molecule has 1 aromatic rings. The number of carboxylic acids is 1. The van der Waals surface area contributed by atoms with Gasteiger partial charge in [0.15, 0.2) is 0 Å². The molecule has 1 aromatic carbocycles. The molecule has 0 bridgehead atoms. The molecule has 0 saturated carbocycles. The molecule has 2 rings (SSSR count). The molecule has 0 aliphatic carbocycles. The molecule has 0 radical (unpaired) electrons. The maximum Gasteiger partial charge on any atom is 0.337 e. The van der Waals surface area contributed by atoms with Gasteiger partial charge in [0, 0.05) is 25.9 Å². The second-order valence-electron chi connectivity index (χ2n) is 4.75. The van der Waals surface area contributed by atoms with E-state index in [1.807, 2.05) is 0 Å². The second-order valence-corrected chi connectivity index (χ2v) is 6.52. The number of carbonyl (C=O) groups is 1. The summed E-state index contributed by atoms with van der Waals surface area (Å²) < 4.78 is 32.2. The summed E-state index contributed by atoms with van der Waals surface area (Å²) >= 11 is 0. The molecule has 0 unspecified atom stereocenters. The number of hydrogen-bond donors (Lipinski definition) is 3. The standard InChI is InChI=1S/C13H18N2O5S/c1-14-12-5-4-10(7-11(12)13(16)17)21(18,19)15-8-9-3-2-6-20-9/h4-5,7,9,14-15H,2-3,6,8H2,1H3,(H,16,17)/t9-/m1/s1. The van der Waals surface area contributed by atoms with E-state index in [0.29, 0.717) is 12.3 Å². The first-order valence-electron chi connectivity index (χ1n) is 6.60. The zero-order chi connectivity index (χ0) is 15.5. The predicted molar refractivity (Wildman–Crippen MR) is 77.1 cm³/mol. The molecule has 1 aliphatic heterocycles. The maximum absolute atomic E-state index is 12.2. The number of ether oxygens (including phenoxy) is 1. The molecule has 1 aliphatic rings. The van der Waals surface area contributed by atoms with E-state index >= 15 is 0 Å². The van der Waals surface area contributed by atoms with E-state index in [-0.39, 0.29) is 23.1 Å². The van der Waals surface area contributed by atoms with Gasteiger partial charge in [-0.25, -0.2) is 17.9 Å². The van der Waals surface area contributed by atoms with Gasteiger partial charge in [-0.05, 0) is 31.0 Å². The predicted octanol–water partition coefficient (Wildman–Crippen LogP) is 0.884. The van der Waals surface area contributed by atoms with Gasteiger partial charge in [-0.15, -0.1) is 0 Å². The van der Waals surface area contributed by atoms with E-state index in [4.69, 9.17) is 9.84 Å². The van der Waals surface area contributed by atoms with E-state index in [2.05, 4.69) is 10.0 Å². The lowest BCUT2D eigenvalue weighted by molar-refractivity contribution is 0.0697. The van der Waals surface area contributed by atoms with Crippen molar-refractivity contribution >= 4 is 21.7 Å². The molecule has 21 heavy (non-hydrogen) atoms. The van der Waals surface area contributed by atoms with Crippen molar-refractivity contribution in [2.75, 3.05) is 25.5 Å². The van der Waals surface area contributed by atoms with Crippen molar-refractivity contribution < 1.29 is 23.1 Å². The molecular weight excluding hydrogens is 296 g/mol. The van der Waals surface area contributed by atoms with Crippen LogP contribution >= 0.6 is 0 Å². The molecule has 0 aromatic heterocycles. The van der Waals surface area contributed by atoms with E-state index in [0.717, 1.165) is 18.9 Å². The maximum atomic E-state index is 12.2. The molecule has 1 atom stereocenters. The van der Waals surface area contributed by atoms with Crippen LogP contribution in [0, 0.1) is 0 Å². The Morgan fingerprint density at radius 3 is 2.81 bits per heavy atom. The average molecular weight is 314 g/mol. The fourth-order valence-corrected chi connectivity index (χ4v) is 3.27. The highest BCUT2D eigenvalue weighted by atomic mass is 32.2. The number of nitrogens with one attached hydrogen (secondary N) is 2. The minimum absolute atomic E-state index is 0.0723. The highest BCUT2D eigenvalue weighted by Gasteiger charge is 2.22. The Kier molecular flexibility index (Phi) is 4.81. The number of sulfonamides is 1. The first-order chi connectivity index (χ1) is 9.94. The summed E-state index contributed by atoms with van der Waals surface area (Å²) in [6.45, 7) is 0.838. The van der Waals surface area contributed by atoms with E-state index < -0.39 is 16.0 Å². The molecule has 1 heterocycles. The fraction of sp³-hybridized carbons (Fsp3) is 0.462. The summed E-state index contributed by atoms with van der Waals surface area (Å²) in [5.74, 6) is -1.18. The summed E-state index contributed by atoms with van der Waals surface area (Å²) in [4.78, 5) is 11.1. The van der Waals surface area contributed by atoms with Gasteiger partial charge in [0.25, 0.3) is 0 Å². The van der Waals surface area contributed by atoms with E-state index in [1.54, 1.807) is 7.05 Å². The number of benzene rings is 1. The van der Waals surface area contributed by atoms with Crippen molar-refractivity contribution in [3.63, 3.8) is 0 Å². The zero-order valence-electron chi connectivity index (χ0n) is 11.6. The first kappa shape index (κ1) is 15.7. The summed E-state index contributed by atoms with van der Waals surface area (Å²) in [5.41, 5.74) is 0.276. The normalized spacial score (nSPS) is 18.6. The Bertz CT molecular complexity index is 623. The molecule has 116 valence electrons. The van der Waals surface area contributed by atoms with Crippen molar-refractivity contribution in [3.8, 4) is 0 Å². The highest BCUT2D eigenvalue weighted by molar-refractivity contribution is 7.89. The SMILES string of the molecule is CNc1ccc(S(=O)(=O)NC[C@H]2CCCO2)cc1C(=O)O. The first-order valence-corrected chi connectivity index (χ1v) is 8.08. The Morgan fingerprint density at radius 1 is 1.48 bits per heavy atom. The third-order valence-electron chi connectivity index (χ3n) is 3.33. The van der Waals surface area contributed by atoms with Crippen LogP contribution in [0.5, 0.6) is 0 Å². The minimum atomic E-state index is -3.75. The van der Waals surface area contributed by atoms with Gasteiger partial charge in [-0.3, -0.25) is 0 Å². The van der Waals surface area contributed by atoms with Crippen LogP contribution in [-0.4, -0.2) is 45.8 Å². The second kappa shape index (κ2) is 6.42. The van der Waals surface area contributed by atoms with Crippen LogP contribution in [-0.2, 0) is 14.8 Å². The number of carboxylic acid groups (broad SMARTS) is 1. The van der Waals surface area contributed by atoms with Gasteiger partial charge in [0.05, 0.1) is 16.6 Å². The lowest BCUT2D eigenvalue weighted by Gasteiger charge is -2.13. The summed E-state index contributed by atoms with van der Waals surface area (Å²) in [7, 11) is -2.17. The van der Waals surface area contributed by atoms with Crippen molar-refractivity contribution in [3.05, 3.63) is 23.8 Å². The average Bonchev–Trinajstić information content (AvgIpc) is 2.97. The third-order valence-corrected chi connectivity index (χ3v) is 4.75. The number of hydrogen-bond acceptors (Lipinski definition) is 5. The zero-order valence-corrected chi connectivity index (χ0v) is 12.4. The fourth-order valence-electron chi connectivity index (χ4n) is 2.18. The van der Waals surface area contributed by atoms with Crippen LogP contribution in [0.2, 0.25) is 0 Å². The topological polar surface area (TPSA) is 105 Å². The number of aromatic carboxylic acids is 1. The molecule has 0 spiro atoms. The number of anilines is 1. The lowest BCUT2D eigenvalue weighted by atomic mass is 10.2. The van der Waals surface area contributed by atoms with Crippen molar-refractivity contribution in [1.82, 2.24) is 4.72 Å². The Hall–Kier alpha value is -1.64. The van der Waals surface area contributed by atoms with Crippen LogP contribution < -0.4 is 10.0 Å². The summed E-state index contributed by atoms with van der Waals surface area (Å²) in [5, 5.41) is 11.8. The van der Waals surface area contributed by atoms with Crippen LogP contribution in [0.4, 0.5) is 5.69 Å². The summed E-state index contributed by atoms with van der Waals surface area (Å²) in [6, 6.07) is 3.95. The summed E-state index contributed by atoms with van der Waals surface area (Å²) in [6.07, 6.45) is 1.63. The molecule has 8 heteroatoms. The molecule has 1 fully saturated rings. The van der Waals surface area contributed by atoms with Crippen LogP contribution in [0.25, 0.3) is 0 Å². The van der Waals surface area contributed by atoms with Gasteiger partial charge in [0.1, 0.15) is 0 Å². The van der Waals surface area contributed by atoms with Crippen LogP contribution in [0.1, 0.15) is 23.2 Å². The smallest absolute Gasteiger partial charge is 0.337 e. The van der Waals surface area contributed by atoms with E-state index in [9.17, 15) is 13.2 Å². The molecule has 0 amide bonds. The Labute approximate surface area is 123 Å². The van der Waals surface area contributed by atoms with E-state index in [1.165, 1.54) is 12.1 Å².